The second-order valence-electron chi connectivity index (χ2n) is 3.95. The minimum Gasteiger partial charge on any atom is -0.330 e. The van der Waals surface area contributed by atoms with E-state index in [1.54, 1.807) is 0 Å². The molecule has 0 saturated heterocycles. The molecule has 1 unspecified atom stereocenters. The Kier molecular flexibility index (Phi) is 5.23. The molecule has 0 spiro atoms. The van der Waals surface area contributed by atoms with Crippen LogP contribution in [0.15, 0.2) is 12.7 Å². The summed E-state index contributed by atoms with van der Waals surface area (Å²) in [5.74, 6) is 0.802. The van der Waals surface area contributed by atoms with Gasteiger partial charge in [-0.25, -0.2) is 0 Å². The zero-order valence-electron chi connectivity index (χ0n) is 8.77. The van der Waals surface area contributed by atoms with Crippen molar-refractivity contribution < 1.29 is 0 Å². The standard InChI is InChI=1S/C11H23N/c1-5-10(6-2)8-11(4,7-3)9-12/h7,10H,3,5-6,8-9,12H2,1-2,4H3. The van der Waals surface area contributed by atoms with Crippen molar-refractivity contribution in [3.8, 4) is 0 Å². The molecule has 0 aliphatic carbocycles. The molecule has 12 heavy (non-hydrogen) atoms. The van der Waals surface area contributed by atoms with Gasteiger partial charge in [0.05, 0.1) is 0 Å². The minimum absolute atomic E-state index is 0.149. The maximum atomic E-state index is 5.70. The van der Waals surface area contributed by atoms with Crippen LogP contribution < -0.4 is 5.73 Å². The highest BCUT2D eigenvalue weighted by molar-refractivity contribution is 4.93. The Hall–Kier alpha value is -0.300. The van der Waals surface area contributed by atoms with Gasteiger partial charge in [0.25, 0.3) is 0 Å². The fraction of sp³-hybridized carbons (Fsp3) is 0.818. The summed E-state index contributed by atoms with van der Waals surface area (Å²) in [6, 6.07) is 0. The van der Waals surface area contributed by atoms with Crippen molar-refractivity contribution in [1.82, 2.24) is 0 Å². The molecule has 0 amide bonds. The summed E-state index contributed by atoms with van der Waals surface area (Å²) in [4.78, 5) is 0. The smallest absolute Gasteiger partial charge is 0.00115 e. The third-order valence-corrected chi connectivity index (χ3v) is 2.87. The van der Waals surface area contributed by atoms with E-state index in [0.717, 1.165) is 5.92 Å². The Labute approximate surface area is 77.0 Å². The second-order valence-corrected chi connectivity index (χ2v) is 3.95. The van der Waals surface area contributed by atoms with E-state index < -0.39 is 0 Å². The third-order valence-electron chi connectivity index (χ3n) is 2.87. The Bertz CT molecular complexity index is 127. The van der Waals surface area contributed by atoms with Gasteiger partial charge < -0.3 is 5.73 Å². The quantitative estimate of drug-likeness (QED) is 0.608. The molecule has 0 aromatic rings. The monoisotopic (exact) mass is 169 g/mol. The molecule has 0 aliphatic heterocycles. The van der Waals surface area contributed by atoms with Crippen LogP contribution in [0.25, 0.3) is 0 Å². The summed E-state index contributed by atoms with van der Waals surface area (Å²) in [7, 11) is 0. The van der Waals surface area contributed by atoms with Crippen molar-refractivity contribution in [3.63, 3.8) is 0 Å². The zero-order chi connectivity index (χ0) is 9.61. The maximum absolute atomic E-state index is 5.70. The maximum Gasteiger partial charge on any atom is 0.00115 e. The molecule has 0 saturated carbocycles. The Balaban J connectivity index is 4.08. The highest BCUT2D eigenvalue weighted by Gasteiger charge is 2.21. The molecule has 0 rings (SSSR count). The lowest BCUT2D eigenvalue weighted by molar-refractivity contribution is 0.301. The SMILES string of the molecule is C=CC(C)(CN)CC(CC)CC. The van der Waals surface area contributed by atoms with E-state index in [1.165, 1.54) is 19.3 Å². The van der Waals surface area contributed by atoms with Gasteiger partial charge in [0.15, 0.2) is 0 Å². The molecule has 1 heteroatoms. The molecule has 1 nitrogen and oxygen atoms in total. The average molecular weight is 169 g/mol. The molecule has 0 aromatic heterocycles. The number of hydrogen-bond acceptors (Lipinski definition) is 1. The van der Waals surface area contributed by atoms with Gasteiger partial charge in [-0.3, -0.25) is 0 Å². The molecule has 72 valence electrons. The Morgan fingerprint density at radius 1 is 1.42 bits per heavy atom. The van der Waals surface area contributed by atoms with Crippen molar-refractivity contribution in [1.29, 1.82) is 0 Å². The van der Waals surface area contributed by atoms with Crippen molar-refractivity contribution in [2.45, 2.75) is 40.0 Å². The van der Waals surface area contributed by atoms with Gasteiger partial charge in [-0.2, -0.15) is 0 Å². The normalized spacial score (nSPS) is 16.1. The summed E-state index contributed by atoms with van der Waals surface area (Å²) >= 11 is 0. The van der Waals surface area contributed by atoms with Gasteiger partial charge in [-0.1, -0.05) is 39.7 Å². The van der Waals surface area contributed by atoms with Gasteiger partial charge >= 0.3 is 0 Å². The molecule has 0 fully saturated rings. The van der Waals surface area contributed by atoms with Gasteiger partial charge in [-0.15, -0.1) is 6.58 Å². The first-order valence-corrected chi connectivity index (χ1v) is 4.95. The van der Waals surface area contributed by atoms with Crippen LogP contribution in [0.4, 0.5) is 0 Å². The fourth-order valence-corrected chi connectivity index (χ4v) is 1.49. The van der Waals surface area contributed by atoms with Crippen molar-refractivity contribution in [3.05, 3.63) is 12.7 Å². The van der Waals surface area contributed by atoms with Crippen LogP contribution >= 0.6 is 0 Å². The largest absolute Gasteiger partial charge is 0.330 e. The number of hydrogen-bond donors (Lipinski definition) is 1. The topological polar surface area (TPSA) is 26.0 Å². The molecule has 0 aromatic carbocycles. The van der Waals surface area contributed by atoms with E-state index in [1.807, 2.05) is 6.08 Å². The van der Waals surface area contributed by atoms with Crippen LogP contribution in [0.1, 0.15) is 40.0 Å². The lowest BCUT2D eigenvalue weighted by Gasteiger charge is -2.28. The summed E-state index contributed by atoms with van der Waals surface area (Å²) in [6.07, 6.45) is 5.69. The molecule has 1 atom stereocenters. The van der Waals surface area contributed by atoms with E-state index in [9.17, 15) is 0 Å². The van der Waals surface area contributed by atoms with E-state index in [4.69, 9.17) is 5.73 Å². The van der Waals surface area contributed by atoms with E-state index in [-0.39, 0.29) is 5.41 Å². The summed E-state index contributed by atoms with van der Waals surface area (Å²) in [5.41, 5.74) is 5.85. The first kappa shape index (κ1) is 11.7. The molecule has 0 heterocycles. The van der Waals surface area contributed by atoms with Crippen LogP contribution in [0, 0.1) is 11.3 Å². The molecule has 0 radical (unpaired) electrons. The first-order valence-electron chi connectivity index (χ1n) is 4.95. The van der Waals surface area contributed by atoms with Crippen molar-refractivity contribution in [2.75, 3.05) is 6.54 Å². The van der Waals surface area contributed by atoms with Gasteiger partial charge in [-0.05, 0) is 17.8 Å². The fourth-order valence-electron chi connectivity index (χ4n) is 1.49. The summed E-state index contributed by atoms with van der Waals surface area (Å²) in [5, 5.41) is 0. The van der Waals surface area contributed by atoms with Gasteiger partial charge in [0.1, 0.15) is 0 Å². The predicted molar refractivity (Wildman–Crippen MR) is 56.0 cm³/mol. The third kappa shape index (κ3) is 3.40. The average Bonchev–Trinajstić information content (AvgIpc) is 2.14. The summed E-state index contributed by atoms with van der Waals surface area (Å²) < 4.78 is 0. The molecule has 2 N–H and O–H groups in total. The first-order chi connectivity index (χ1) is 5.61. The molecule has 0 aliphatic rings. The van der Waals surface area contributed by atoms with Crippen LogP contribution in [-0.2, 0) is 0 Å². The van der Waals surface area contributed by atoms with Crippen LogP contribution in [0.5, 0.6) is 0 Å². The molecular formula is C11H23N. The van der Waals surface area contributed by atoms with Crippen molar-refractivity contribution in [2.24, 2.45) is 17.1 Å². The Morgan fingerprint density at radius 3 is 2.17 bits per heavy atom. The number of nitrogens with two attached hydrogens (primary N) is 1. The molecular weight excluding hydrogens is 146 g/mol. The zero-order valence-corrected chi connectivity index (χ0v) is 8.77. The van der Waals surface area contributed by atoms with Crippen LogP contribution in [0.3, 0.4) is 0 Å². The van der Waals surface area contributed by atoms with E-state index >= 15 is 0 Å². The lowest BCUT2D eigenvalue weighted by Crippen LogP contribution is -2.27. The van der Waals surface area contributed by atoms with Crippen molar-refractivity contribution >= 4 is 0 Å². The number of rotatable bonds is 6. The second kappa shape index (κ2) is 5.36. The lowest BCUT2D eigenvalue weighted by atomic mass is 9.79. The van der Waals surface area contributed by atoms with Crippen LogP contribution in [0.2, 0.25) is 0 Å². The van der Waals surface area contributed by atoms with Gasteiger partial charge in [0, 0.05) is 6.54 Å². The van der Waals surface area contributed by atoms with Gasteiger partial charge in [0.2, 0.25) is 0 Å². The highest BCUT2D eigenvalue weighted by atomic mass is 14.6. The van der Waals surface area contributed by atoms with Crippen LogP contribution in [-0.4, -0.2) is 6.54 Å². The predicted octanol–water partition coefficient (Wildman–Crippen LogP) is 2.96. The summed E-state index contributed by atoms with van der Waals surface area (Å²) in [6.45, 7) is 11.2. The highest BCUT2D eigenvalue weighted by Crippen LogP contribution is 2.29. The van der Waals surface area contributed by atoms with E-state index in [0.29, 0.717) is 6.54 Å². The van der Waals surface area contributed by atoms with E-state index in [2.05, 4.69) is 27.4 Å². The molecule has 0 bridgehead atoms. The Morgan fingerprint density at radius 2 is 1.92 bits per heavy atom. The minimum atomic E-state index is 0.149.